The van der Waals surface area contributed by atoms with Gasteiger partial charge in [0.2, 0.25) is 0 Å². The van der Waals surface area contributed by atoms with Crippen molar-refractivity contribution in [1.82, 2.24) is 15.0 Å². The van der Waals surface area contributed by atoms with Crippen LogP contribution in [0, 0.1) is 16.1 Å². The van der Waals surface area contributed by atoms with Crippen LogP contribution in [0.1, 0.15) is 10.6 Å². The van der Waals surface area contributed by atoms with Gasteiger partial charge in [-0.2, -0.15) is 4.39 Å². The SMILES string of the molecule is O=C(Nc1ccc(Cl)c(-c2nc3ncc([N+](=O)[O-])cc3[nH]2)c1)c1ccc(F)o1. The average molecular weight is 402 g/mol. The lowest BCUT2D eigenvalue weighted by Gasteiger charge is -2.07. The molecule has 0 saturated heterocycles. The monoisotopic (exact) mass is 401 g/mol. The predicted molar refractivity (Wildman–Crippen MR) is 97.6 cm³/mol. The third-order valence-electron chi connectivity index (χ3n) is 3.81. The summed E-state index contributed by atoms with van der Waals surface area (Å²) in [4.78, 5) is 33.6. The molecule has 0 unspecified atom stereocenters. The predicted octanol–water partition coefficient (Wildman–Crippen LogP) is 4.17. The van der Waals surface area contributed by atoms with Crippen molar-refractivity contribution >= 4 is 40.0 Å². The normalized spacial score (nSPS) is 10.9. The Morgan fingerprint density at radius 3 is 2.82 bits per heavy atom. The number of fused-ring (bicyclic) bond motifs is 1. The highest BCUT2D eigenvalue weighted by Gasteiger charge is 2.16. The number of aromatic amines is 1. The number of nitrogens with zero attached hydrogens (tertiary/aromatic N) is 3. The summed E-state index contributed by atoms with van der Waals surface area (Å²) in [5, 5.41) is 13.8. The third kappa shape index (κ3) is 3.28. The van der Waals surface area contributed by atoms with Gasteiger partial charge in [-0.15, -0.1) is 0 Å². The molecule has 9 nitrogen and oxygen atoms in total. The lowest BCUT2D eigenvalue weighted by atomic mass is 10.2. The lowest BCUT2D eigenvalue weighted by molar-refractivity contribution is -0.385. The van der Waals surface area contributed by atoms with E-state index in [2.05, 4.69) is 24.7 Å². The standard InChI is InChI=1S/C17H9ClFN5O4/c18-11-2-1-8(21-17(25)13-3-4-14(19)28-13)5-10(11)15-22-12-6-9(24(26)27)7-20-16(12)23-15/h1-7H,(H,21,25)(H,20,22,23). The summed E-state index contributed by atoms with van der Waals surface area (Å²) in [6.07, 6.45) is 1.10. The maximum Gasteiger partial charge on any atom is 0.291 e. The number of amides is 1. The molecule has 28 heavy (non-hydrogen) atoms. The molecule has 0 aliphatic rings. The summed E-state index contributed by atoms with van der Waals surface area (Å²) < 4.78 is 17.6. The van der Waals surface area contributed by atoms with Crippen molar-refractivity contribution < 1.29 is 18.5 Å². The van der Waals surface area contributed by atoms with Crippen LogP contribution in [-0.4, -0.2) is 25.8 Å². The van der Waals surface area contributed by atoms with Gasteiger partial charge < -0.3 is 14.7 Å². The molecule has 3 heterocycles. The van der Waals surface area contributed by atoms with E-state index >= 15 is 0 Å². The maximum absolute atomic E-state index is 12.9. The number of carbonyl (C=O) groups excluding carboxylic acids is 1. The van der Waals surface area contributed by atoms with E-state index in [0.29, 0.717) is 27.6 Å². The summed E-state index contributed by atoms with van der Waals surface area (Å²) >= 11 is 6.23. The number of hydrogen-bond acceptors (Lipinski definition) is 6. The minimum atomic E-state index is -0.870. The fourth-order valence-corrected chi connectivity index (χ4v) is 2.74. The molecule has 0 fully saturated rings. The number of nitro groups is 1. The van der Waals surface area contributed by atoms with Crippen LogP contribution in [0.3, 0.4) is 0 Å². The van der Waals surface area contributed by atoms with Gasteiger partial charge in [0, 0.05) is 23.4 Å². The quantitative estimate of drug-likeness (QED) is 0.390. The molecule has 0 spiro atoms. The number of rotatable bonds is 4. The van der Waals surface area contributed by atoms with Crippen molar-refractivity contribution in [3.63, 3.8) is 0 Å². The molecular weight excluding hydrogens is 393 g/mol. The van der Waals surface area contributed by atoms with Crippen LogP contribution in [0.25, 0.3) is 22.6 Å². The zero-order valence-electron chi connectivity index (χ0n) is 13.8. The van der Waals surface area contributed by atoms with Gasteiger partial charge in [0.1, 0.15) is 12.0 Å². The Morgan fingerprint density at radius 2 is 2.11 bits per heavy atom. The van der Waals surface area contributed by atoms with E-state index < -0.39 is 16.8 Å². The van der Waals surface area contributed by atoms with Crippen molar-refractivity contribution in [1.29, 1.82) is 0 Å². The number of furan rings is 1. The highest BCUT2D eigenvalue weighted by atomic mass is 35.5. The first-order valence-corrected chi connectivity index (χ1v) is 8.15. The number of imidazole rings is 1. The van der Waals surface area contributed by atoms with Crippen molar-refractivity contribution in [3.8, 4) is 11.4 Å². The minimum absolute atomic E-state index is 0.180. The van der Waals surface area contributed by atoms with Gasteiger partial charge in [-0.3, -0.25) is 14.9 Å². The maximum atomic E-state index is 12.9. The number of hydrogen-bond donors (Lipinski definition) is 2. The highest BCUT2D eigenvalue weighted by molar-refractivity contribution is 6.33. The molecule has 3 aromatic heterocycles. The van der Waals surface area contributed by atoms with Gasteiger partial charge in [-0.25, -0.2) is 9.97 Å². The molecular formula is C17H9ClFN5O4. The fraction of sp³-hybridized carbons (Fsp3) is 0. The van der Waals surface area contributed by atoms with E-state index in [0.717, 1.165) is 12.3 Å². The molecule has 0 aliphatic heterocycles. The first-order chi connectivity index (χ1) is 13.4. The Bertz CT molecular complexity index is 1240. The van der Waals surface area contributed by atoms with Crippen LogP contribution < -0.4 is 5.32 Å². The second-order valence-corrected chi connectivity index (χ2v) is 6.07. The Balaban J connectivity index is 1.68. The summed E-state index contributed by atoms with van der Waals surface area (Å²) in [5.74, 6) is -0.513. The lowest BCUT2D eigenvalue weighted by Crippen LogP contribution is -2.10. The zero-order valence-corrected chi connectivity index (χ0v) is 14.5. The number of aromatic nitrogens is 3. The van der Waals surface area contributed by atoms with Crippen LogP contribution in [0.4, 0.5) is 15.8 Å². The summed E-state index contributed by atoms with van der Waals surface area (Å²) in [6.45, 7) is 0. The average Bonchev–Trinajstić information content (AvgIpc) is 3.28. The molecule has 0 atom stereocenters. The van der Waals surface area contributed by atoms with E-state index in [1.807, 2.05) is 0 Å². The Kier molecular flexibility index (Phi) is 4.24. The molecule has 0 aliphatic carbocycles. The number of H-pyrrole nitrogens is 1. The molecule has 0 radical (unpaired) electrons. The van der Waals surface area contributed by atoms with Crippen LogP contribution >= 0.6 is 11.6 Å². The second-order valence-electron chi connectivity index (χ2n) is 5.66. The van der Waals surface area contributed by atoms with Gasteiger partial charge in [0.25, 0.3) is 17.6 Å². The van der Waals surface area contributed by atoms with E-state index in [4.69, 9.17) is 11.6 Å². The van der Waals surface area contributed by atoms with Crippen LogP contribution in [0.5, 0.6) is 0 Å². The highest BCUT2D eigenvalue weighted by Crippen LogP contribution is 2.30. The molecule has 4 rings (SSSR count). The van der Waals surface area contributed by atoms with Gasteiger partial charge in [-0.1, -0.05) is 11.6 Å². The topological polar surface area (TPSA) is 127 Å². The molecule has 0 saturated carbocycles. The number of benzene rings is 1. The Morgan fingerprint density at radius 1 is 1.29 bits per heavy atom. The first kappa shape index (κ1) is 17.6. The van der Waals surface area contributed by atoms with E-state index in [1.54, 1.807) is 12.1 Å². The number of nitrogens with one attached hydrogen (secondary N) is 2. The molecule has 11 heteroatoms. The van der Waals surface area contributed by atoms with E-state index in [1.165, 1.54) is 18.2 Å². The molecule has 1 aromatic carbocycles. The first-order valence-electron chi connectivity index (χ1n) is 7.77. The van der Waals surface area contributed by atoms with E-state index in [9.17, 15) is 19.3 Å². The van der Waals surface area contributed by atoms with Crippen molar-refractivity contribution in [2.24, 2.45) is 0 Å². The Labute approximate surface area is 160 Å². The van der Waals surface area contributed by atoms with Crippen molar-refractivity contribution in [2.75, 3.05) is 5.32 Å². The van der Waals surface area contributed by atoms with Crippen molar-refractivity contribution in [2.45, 2.75) is 0 Å². The van der Waals surface area contributed by atoms with Gasteiger partial charge in [-0.05, 0) is 24.3 Å². The number of anilines is 1. The van der Waals surface area contributed by atoms with Crippen LogP contribution in [0.2, 0.25) is 5.02 Å². The second kappa shape index (κ2) is 6.74. The number of halogens is 2. The number of pyridine rings is 1. The molecule has 0 bridgehead atoms. The molecule has 1 amide bonds. The largest absolute Gasteiger partial charge is 0.426 e. The van der Waals surface area contributed by atoms with Crippen LogP contribution in [0.15, 0.2) is 47.0 Å². The van der Waals surface area contributed by atoms with Gasteiger partial charge >= 0.3 is 0 Å². The Hall–Kier alpha value is -3.79. The zero-order chi connectivity index (χ0) is 19.8. The smallest absolute Gasteiger partial charge is 0.291 e. The summed E-state index contributed by atoms with van der Waals surface area (Å²) in [5.41, 5.74) is 1.25. The molecule has 4 aromatic rings. The third-order valence-corrected chi connectivity index (χ3v) is 4.14. The minimum Gasteiger partial charge on any atom is -0.426 e. The molecule has 140 valence electrons. The van der Waals surface area contributed by atoms with E-state index in [-0.39, 0.29) is 17.1 Å². The van der Waals surface area contributed by atoms with Crippen LogP contribution in [-0.2, 0) is 0 Å². The van der Waals surface area contributed by atoms with Gasteiger partial charge in [0.15, 0.2) is 11.4 Å². The molecule has 2 N–H and O–H groups in total. The number of carbonyl (C=O) groups is 1. The summed E-state index contributed by atoms with van der Waals surface area (Å²) in [7, 11) is 0. The van der Waals surface area contributed by atoms with Gasteiger partial charge in [0.05, 0.1) is 15.5 Å². The summed E-state index contributed by atoms with van der Waals surface area (Å²) in [6, 6.07) is 7.32. The van der Waals surface area contributed by atoms with Crippen molar-refractivity contribution in [3.05, 3.63) is 69.5 Å². The fourth-order valence-electron chi connectivity index (χ4n) is 2.53.